The van der Waals surface area contributed by atoms with Gasteiger partial charge >= 0.3 is 0 Å². The van der Waals surface area contributed by atoms with Crippen LogP contribution in [0.25, 0.3) is 0 Å². The van der Waals surface area contributed by atoms with Crippen molar-refractivity contribution in [3.05, 3.63) is 17.7 Å². The summed E-state index contributed by atoms with van der Waals surface area (Å²) in [6, 6.07) is 3.12. The molecule has 44 heavy (non-hydrogen) atoms. The minimum atomic E-state index is -0.416. The van der Waals surface area contributed by atoms with Gasteiger partial charge in [0.05, 0.1) is 19.8 Å². The molecule has 0 N–H and O–H groups in total. The molecule has 0 bridgehead atoms. The molecule has 0 heterocycles. The fourth-order valence-corrected chi connectivity index (χ4v) is 3.49. The first-order valence-electron chi connectivity index (χ1n) is 15.1. The Kier molecular flexibility index (Phi) is 35.6. The first kappa shape index (κ1) is 45.1. The molecule has 3 radical (unpaired) electrons. The maximum Gasteiger partial charge on any atom is 0.203 e. The van der Waals surface area contributed by atoms with Crippen molar-refractivity contribution in [1.29, 1.82) is 0 Å². The molecular formula is C31H45O10V3-3. The standard InChI is InChI=1S/C31H45O10.3V/c1-27(35)28-25-29(39-21-11-19-36-16-8-2-5-13-32)31(41-24-23-38-18-10-4-7-15-34)30(26-28)40-22-12-20-37-17-9-3-6-14-33;;;/h25-26H,2-12,16-24H2,1H3;;;/q-3;;;/i1T;;;. The van der Waals surface area contributed by atoms with Gasteiger partial charge in [0.1, 0.15) is 6.61 Å². The van der Waals surface area contributed by atoms with Crippen LogP contribution in [0.15, 0.2) is 12.1 Å². The molecule has 1 aromatic carbocycles. The Hall–Kier alpha value is -1.07. The number of carbonyl (C=O) groups excluding carboxylic acids is 4. The molecule has 10 nitrogen and oxygen atoms in total. The van der Waals surface area contributed by atoms with Gasteiger partial charge in [0.15, 0.2) is 17.3 Å². The van der Waals surface area contributed by atoms with Gasteiger partial charge in [0, 0.05) is 108 Å². The number of hydrogen-bond donors (Lipinski definition) is 0. The molecule has 0 saturated carbocycles. The molecule has 13 heteroatoms. The minimum absolute atomic E-state index is 0. The van der Waals surface area contributed by atoms with Crippen molar-refractivity contribution in [1.82, 2.24) is 0 Å². The summed E-state index contributed by atoms with van der Waals surface area (Å²) < 4.78 is 42.3. The van der Waals surface area contributed by atoms with Gasteiger partial charge < -0.3 is 42.8 Å². The average molecular weight is 733 g/mol. The average Bonchev–Trinajstić information content (AvgIpc) is 3.00. The molecule has 247 valence electrons. The van der Waals surface area contributed by atoms with Gasteiger partial charge in [0.25, 0.3) is 0 Å². The van der Waals surface area contributed by atoms with E-state index in [1.165, 1.54) is 0 Å². The van der Waals surface area contributed by atoms with Gasteiger partial charge in [-0.05, 0) is 38.3 Å². The molecule has 0 unspecified atom stereocenters. The van der Waals surface area contributed by atoms with Crippen molar-refractivity contribution in [2.24, 2.45) is 0 Å². The van der Waals surface area contributed by atoms with Crippen LogP contribution in [-0.2, 0) is 84.3 Å². The third kappa shape index (κ3) is 25.2. The van der Waals surface area contributed by atoms with Crippen molar-refractivity contribution in [3.8, 4) is 17.2 Å². The number of ketones is 1. The van der Waals surface area contributed by atoms with Crippen molar-refractivity contribution in [2.75, 3.05) is 59.5 Å². The zero-order valence-electron chi connectivity index (χ0n) is 26.4. The van der Waals surface area contributed by atoms with E-state index in [0.29, 0.717) is 109 Å². The molecule has 0 saturated heterocycles. The van der Waals surface area contributed by atoms with Gasteiger partial charge in [-0.25, -0.2) is 0 Å². The molecule has 0 aliphatic rings. The van der Waals surface area contributed by atoms with Crippen LogP contribution in [0.5, 0.6) is 17.2 Å². The van der Waals surface area contributed by atoms with E-state index < -0.39 is 6.90 Å². The summed E-state index contributed by atoms with van der Waals surface area (Å²) >= 11 is 0. The predicted octanol–water partition coefficient (Wildman–Crippen LogP) is 4.69. The topological polar surface area (TPSA) is 124 Å². The second kappa shape index (κ2) is 34.8. The number of ether oxygens (including phenoxy) is 6. The smallest absolute Gasteiger partial charge is 0.203 e. The van der Waals surface area contributed by atoms with E-state index in [4.69, 9.17) is 29.8 Å². The fourth-order valence-electron chi connectivity index (χ4n) is 3.49. The van der Waals surface area contributed by atoms with Crippen LogP contribution in [0.1, 0.15) is 89.3 Å². The normalized spacial score (nSPS) is 10.3. The van der Waals surface area contributed by atoms with E-state index in [1.807, 2.05) is 18.9 Å². The molecule has 1 aromatic rings. The first-order valence-corrected chi connectivity index (χ1v) is 14.3. The molecule has 0 fully saturated rings. The predicted molar refractivity (Wildman–Crippen MR) is 153 cm³/mol. The Bertz CT molecular complexity index is 833. The number of carbonyl (C=O) groups is 1. The molecule has 0 atom stereocenters. The van der Waals surface area contributed by atoms with Crippen molar-refractivity contribution < 1.29 is 105 Å². The molecule has 0 spiro atoms. The summed E-state index contributed by atoms with van der Waals surface area (Å²) in [5.41, 5.74) is 0.289. The van der Waals surface area contributed by atoms with Crippen LogP contribution in [0, 0.1) is 0 Å². The number of hydrogen-bond acceptors (Lipinski definition) is 10. The van der Waals surface area contributed by atoms with E-state index >= 15 is 0 Å². The number of unbranched alkanes of at least 4 members (excludes halogenated alkanes) is 6. The number of benzene rings is 1. The molecule has 0 aliphatic heterocycles. The van der Waals surface area contributed by atoms with Gasteiger partial charge in [0.2, 0.25) is 5.75 Å². The second-order valence-electron chi connectivity index (χ2n) is 9.12. The van der Waals surface area contributed by atoms with E-state index in [1.54, 1.807) is 12.1 Å². The van der Waals surface area contributed by atoms with Gasteiger partial charge in [-0.3, -0.25) is 23.7 Å². The Balaban J connectivity index is -0.00000588. The van der Waals surface area contributed by atoms with Crippen LogP contribution >= 0.6 is 0 Å². The largest absolute Gasteiger partial charge is 0.542 e. The Morgan fingerprint density at radius 2 is 0.977 bits per heavy atom. The summed E-state index contributed by atoms with van der Waals surface area (Å²) in [5, 5.41) is 0. The van der Waals surface area contributed by atoms with Crippen molar-refractivity contribution >= 4 is 24.6 Å². The van der Waals surface area contributed by atoms with E-state index in [2.05, 4.69) is 0 Å². The zero-order valence-corrected chi connectivity index (χ0v) is 29.6. The van der Waals surface area contributed by atoms with E-state index in [-0.39, 0.29) is 73.6 Å². The number of rotatable bonds is 30. The van der Waals surface area contributed by atoms with Crippen molar-refractivity contribution in [2.45, 2.75) is 77.5 Å². The quantitative estimate of drug-likeness (QED) is 0.0626. The summed E-state index contributed by atoms with van der Waals surface area (Å²) in [4.78, 5) is 43.3. The summed E-state index contributed by atoms with van der Waals surface area (Å²) in [6.07, 6.45) is 12.5. The fraction of sp³-hybridized carbons (Fsp3) is 0.677. The molecule has 0 aromatic heterocycles. The van der Waals surface area contributed by atoms with Gasteiger partial charge in [-0.15, -0.1) is 0 Å². The Labute approximate surface area is 299 Å². The summed E-state index contributed by atoms with van der Waals surface area (Å²) in [5.74, 6) is 0.623. The molecule has 0 amide bonds. The third-order valence-corrected chi connectivity index (χ3v) is 5.65. The molecule has 1 rings (SSSR count). The number of Topliss-reactive ketones (excluding diaryl/α,β-unsaturated/α-hetero) is 1. The first-order chi connectivity index (χ1) is 20.7. The Morgan fingerprint density at radius 1 is 0.568 bits per heavy atom. The molecular weight excluding hydrogens is 685 g/mol. The van der Waals surface area contributed by atoms with Crippen LogP contribution in [-0.4, -0.2) is 84.1 Å². The maximum atomic E-state index is 12.4. The summed E-state index contributed by atoms with van der Waals surface area (Å²) in [7, 11) is 0. The van der Waals surface area contributed by atoms with Crippen LogP contribution in [0.4, 0.5) is 0 Å². The van der Waals surface area contributed by atoms with Crippen LogP contribution in [0.2, 0.25) is 0 Å². The van der Waals surface area contributed by atoms with Gasteiger partial charge in [-0.2, -0.15) is 19.3 Å². The van der Waals surface area contributed by atoms with Crippen LogP contribution < -0.4 is 14.2 Å². The van der Waals surface area contributed by atoms with E-state index in [0.717, 1.165) is 32.1 Å². The maximum absolute atomic E-state index is 12.4. The summed E-state index contributed by atoms with van der Waals surface area (Å²) in [6.45, 7) is 3.25. The molecule has 0 aliphatic carbocycles. The Morgan fingerprint density at radius 3 is 1.39 bits per heavy atom. The van der Waals surface area contributed by atoms with Crippen LogP contribution in [0.3, 0.4) is 0 Å². The monoisotopic (exact) mass is 732 g/mol. The van der Waals surface area contributed by atoms with Gasteiger partial charge in [-0.1, -0.05) is 19.3 Å². The zero-order chi connectivity index (χ0) is 30.5. The SMILES string of the molecule is [3H]CC(=O)c1cc(OCCCOCCCC[C-]=O)c(OCCOCCCC[C-]=O)c(OCCCOCCCC[C-]=O)c1.[V].[V].[V]. The minimum Gasteiger partial charge on any atom is -0.542 e. The third-order valence-electron chi connectivity index (χ3n) is 5.65. The van der Waals surface area contributed by atoms with E-state index in [9.17, 15) is 19.2 Å². The second-order valence-corrected chi connectivity index (χ2v) is 9.12. The van der Waals surface area contributed by atoms with Crippen molar-refractivity contribution in [3.63, 3.8) is 0 Å².